The number of aliphatic hydroxyl groups is 1. The standard InChI is InChI=1S/C16H25NO2/c1-12-6-5-9-16(13(12)2)17-10-14(18)11-19-15-7-3-4-8-15/h5-6,9,14-15,17-18H,3-4,7-8,10-11H2,1-2H3. The van der Waals surface area contributed by atoms with Crippen LogP contribution >= 0.6 is 0 Å². The van der Waals surface area contributed by atoms with Crippen molar-refractivity contribution in [2.75, 3.05) is 18.5 Å². The number of benzene rings is 1. The van der Waals surface area contributed by atoms with E-state index in [4.69, 9.17) is 4.74 Å². The van der Waals surface area contributed by atoms with Crippen LogP contribution in [0, 0.1) is 13.8 Å². The number of ether oxygens (including phenoxy) is 1. The molecule has 0 heterocycles. The van der Waals surface area contributed by atoms with E-state index in [2.05, 4.69) is 25.2 Å². The first-order valence-corrected chi connectivity index (χ1v) is 7.26. The molecule has 0 spiro atoms. The highest BCUT2D eigenvalue weighted by Crippen LogP contribution is 2.21. The number of hydrogen-bond donors (Lipinski definition) is 2. The molecule has 3 nitrogen and oxygen atoms in total. The molecule has 1 aliphatic carbocycles. The minimum Gasteiger partial charge on any atom is -0.389 e. The van der Waals surface area contributed by atoms with Crippen molar-refractivity contribution in [3.05, 3.63) is 29.3 Å². The van der Waals surface area contributed by atoms with Gasteiger partial charge in [0.25, 0.3) is 0 Å². The third-order valence-corrected chi connectivity index (χ3v) is 3.96. The van der Waals surface area contributed by atoms with Crippen LogP contribution in [0.5, 0.6) is 0 Å². The molecule has 0 radical (unpaired) electrons. The molecule has 19 heavy (non-hydrogen) atoms. The predicted molar refractivity (Wildman–Crippen MR) is 78.6 cm³/mol. The van der Waals surface area contributed by atoms with Crippen LogP contribution in [0.3, 0.4) is 0 Å². The van der Waals surface area contributed by atoms with Crippen LogP contribution in [0.2, 0.25) is 0 Å². The van der Waals surface area contributed by atoms with Gasteiger partial charge >= 0.3 is 0 Å². The van der Waals surface area contributed by atoms with Gasteiger partial charge in [-0.05, 0) is 43.9 Å². The maximum Gasteiger partial charge on any atom is 0.0945 e. The van der Waals surface area contributed by atoms with Crippen LogP contribution in [-0.4, -0.2) is 30.5 Å². The summed E-state index contributed by atoms with van der Waals surface area (Å²) in [5.74, 6) is 0. The Morgan fingerprint density at radius 1 is 1.32 bits per heavy atom. The molecule has 0 amide bonds. The first kappa shape index (κ1) is 14.4. The van der Waals surface area contributed by atoms with Crippen LogP contribution < -0.4 is 5.32 Å². The number of nitrogens with one attached hydrogen (secondary N) is 1. The lowest BCUT2D eigenvalue weighted by atomic mass is 10.1. The molecule has 1 unspecified atom stereocenters. The number of anilines is 1. The molecule has 1 saturated carbocycles. The van der Waals surface area contributed by atoms with E-state index < -0.39 is 6.10 Å². The maximum absolute atomic E-state index is 9.94. The minimum absolute atomic E-state index is 0.371. The molecule has 0 saturated heterocycles. The van der Waals surface area contributed by atoms with Gasteiger partial charge in [0.1, 0.15) is 0 Å². The number of aliphatic hydroxyl groups excluding tert-OH is 1. The van der Waals surface area contributed by atoms with E-state index in [0.717, 1.165) is 18.5 Å². The van der Waals surface area contributed by atoms with Gasteiger partial charge in [0.2, 0.25) is 0 Å². The summed E-state index contributed by atoms with van der Waals surface area (Å²) in [6.45, 7) is 5.17. The quantitative estimate of drug-likeness (QED) is 0.829. The van der Waals surface area contributed by atoms with E-state index in [9.17, 15) is 5.11 Å². The molecule has 1 aromatic carbocycles. The molecular formula is C16H25NO2. The van der Waals surface area contributed by atoms with Gasteiger partial charge in [0, 0.05) is 12.2 Å². The lowest BCUT2D eigenvalue weighted by Crippen LogP contribution is -2.27. The van der Waals surface area contributed by atoms with Crippen LogP contribution in [-0.2, 0) is 4.74 Å². The van der Waals surface area contributed by atoms with Crippen molar-refractivity contribution in [1.82, 2.24) is 0 Å². The molecule has 2 rings (SSSR count). The summed E-state index contributed by atoms with van der Waals surface area (Å²) in [5.41, 5.74) is 3.60. The van der Waals surface area contributed by atoms with E-state index in [0.29, 0.717) is 19.3 Å². The normalized spacial score (nSPS) is 17.6. The zero-order valence-corrected chi connectivity index (χ0v) is 12.0. The minimum atomic E-state index is -0.444. The van der Waals surface area contributed by atoms with Crippen molar-refractivity contribution in [3.63, 3.8) is 0 Å². The second kappa shape index (κ2) is 6.92. The van der Waals surface area contributed by atoms with Crippen molar-refractivity contribution in [1.29, 1.82) is 0 Å². The lowest BCUT2D eigenvalue weighted by Gasteiger charge is -2.17. The Morgan fingerprint density at radius 3 is 2.79 bits per heavy atom. The number of hydrogen-bond acceptors (Lipinski definition) is 3. The summed E-state index contributed by atoms with van der Waals surface area (Å²) in [7, 11) is 0. The maximum atomic E-state index is 9.94. The van der Waals surface area contributed by atoms with Crippen LogP contribution in [0.25, 0.3) is 0 Å². The predicted octanol–water partition coefficient (Wildman–Crippen LogP) is 3.04. The van der Waals surface area contributed by atoms with Crippen molar-refractivity contribution in [2.45, 2.75) is 51.7 Å². The number of aryl methyl sites for hydroxylation is 1. The Labute approximate surface area is 116 Å². The smallest absolute Gasteiger partial charge is 0.0945 e. The fraction of sp³-hybridized carbons (Fsp3) is 0.625. The zero-order valence-electron chi connectivity index (χ0n) is 12.0. The zero-order chi connectivity index (χ0) is 13.7. The van der Waals surface area contributed by atoms with Gasteiger partial charge in [-0.2, -0.15) is 0 Å². The largest absolute Gasteiger partial charge is 0.389 e. The second-order valence-electron chi connectivity index (χ2n) is 5.52. The van der Waals surface area contributed by atoms with Gasteiger partial charge in [0.05, 0.1) is 18.8 Å². The highest BCUT2D eigenvalue weighted by Gasteiger charge is 2.16. The topological polar surface area (TPSA) is 41.5 Å². The fourth-order valence-corrected chi connectivity index (χ4v) is 2.53. The molecular weight excluding hydrogens is 238 g/mol. The second-order valence-corrected chi connectivity index (χ2v) is 5.52. The third kappa shape index (κ3) is 4.22. The molecule has 1 aliphatic rings. The van der Waals surface area contributed by atoms with E-state index in [-0.39, 0.29) is 0 Å². The first-order chi connectivity index (χ1) is 9.16. The van der Waals surface area contributed by atoms with E-state index in [1.807, 2.05) is 12.1 Å². The van der Waals surface area contributed by atoms with Crippen molar-refractivity contribution < 1.29 is 9.84 Å². The molecule has 106 valence electrons. The molecule has 3 heteroatoms. The van der Waals surface area contributed by atoms with Crippen LogP contribution in [0.1, 0.15) is 36.8 Å². The van der Waals surface area contributed by atoms with Gasteiger partial charge in [0.15, 0.2) is 0 Å². The molecule has 0 aliphatic heterocycles. The Bertz CT molecular complexity index is 400. The van der Waals surface area contributed by atoms with Crippen molar-refractivity contribution >= 4 is 5.69 Å². The summed E-state index contributed by atoms with van der Waals surface area (Å²) < 4.78 is 5.72. The van der Waals surface area contributed by atoms with Crippen molar-refractivity contribution in [2.24, 2.45) is 0 Å². The highest BCUT2D eigenvalue weighted by molar-refractivity contribution is 5.53. The highest BCUT2D eigenvalue weighted by atomic mass is 16.5. The van der Waals surface area contributed by atoms with Crippen LogP contribution in [0.15, 0.2) is 18.2 Å². The van der Waals surface area contributed by atoms with Crippen LogP contribution in [0.4, 0.5) is 5.69 Å². The average Bonchev–Trinajstić information content (AvgIpc) is 2.91. The van der Waals surface area contributed by atoms with Gasteiger partial charge in [-0.1, -0.05) is 25.0 Å². The molecule has 2 N–H and O–H groups in total. The van der Waals surface area contributed by atoms with E-state index >= 15 is 0 Å². The van der Waals surface area contributed by atoms with Gasteiger partial charge < -0.3 is 15.2 Å². The van der Waals surface area contributed by atoms with Crippen molar-refractivity contribution in [3.8, 4) is 0 Å². The lowest BCUT2D eigenvalue weighted by molar-refractivity contribution is -0.00117. The Morgan fingerprint density at radius 2 is 2.05 bits per heavy atom. The SMILES string of the molecule is Cc1cccc(NCC(O)COC2CCCC2)c1C. The summed E-state index contributed by atoms with van der Waals surface area (Å²) >= 11 is 0. The summed E-state index contributed by atoms with van der Waals surface area (Å²) in [5, 5.41) is 13.2. The average molecular weight is 263 g/mol. The molecule has 1 fully saturated rings. The Kier molecular flexibility index (Phi) is 5.23. The first-order valence-electron chi connectivity index (χ1n) is 7.26. The Balaban J connectivity index is 1.73. The number of rotatable bonds is 6. The van der Waals surface area contributed by atoms with E-state index in [1.165, 1.54) is 24.0 Å². The van der Waals surface area contributed by atoms with E-state index in [1.54, 1.807) is 0 Å². The Hall–Kier alpha value is -1.06. The summed E-state index contributed by atoms with van der Waals surface area (Å²) in [6.07, 6.45) is 4.76. The molecule has 1 atom stereocenters. The fourth-order valence-electron chi connectivity index (χ4n) is 2.53. The third-order valence-electron chi connectivity index (χ3n) is 3.96. The monoisotopic (exact) mass is 263 g/mol. The summed E-state index contributed by atoms with van der Waals surface area (Å²) in [4.78, 5) is 0. The van der Waals surface area contributed by atoms with Gasteiger partial charge in [-0.25, -0.2) is 0 Å². The molecule has 0 aromatic heterocycles. The van der Waals surface area contributed by atoms with Gasteiger partial charge in [-0.15, -0.1) is 0 Å². The molecule has 1 aromatic rings. The summed E-state index contributed by atoms with van der Waals surface area (Å²) in [6, 6.07) is 6.18. The van der Waals surface area contributed by atoms with Gasteiger partial charge in [-0.3, -0.25) is 0 Å². The molecule has 0 bridgehead atoms.